The first-order chi connectivity index (χ1) is 6.55. The summed E-state index contributed by atoms with van der Waals surface area (Å²) in [7, 11) is 1.76. The molecule has 2 heteroatoms. The molecule has 0 heterocycles. The number of ether oxygens (including phenoxy) is 1. The zero-order chi connectivity index (χ0) is 10.6. The van der Waals surface area contributed by atoms with Crippen LogP contribution in [0.15, 0.2) is 0 Å². The molecule has 1 aliphatic carbocycles. The standard InChI is InChI=1S/C12H25NO/c1-10-9-12(2,3)6-5-11(10)13-7-8-14-4/h10-11,13H,5-9H2,1-4H3. The van der Waals surface area contributed by atoms with Gasteiger partial charge in [-0.05, 0) is 30.6 Å². The SMILES string of the molecule is COCCNC1CCC(C)(C)CC1C. The van der Waals surface area contributed by atoms with Crippen LogP contribution < -0.4 is 5.32 Å². The van der Waals surface area contributed by atoms with Gasteiger partial charge in [0, 0.05) is 19.7 Å². The molecule has 0 aromatic carbocycles. The summed E-state index contributed by atoms with van der Waals surface area (Å²) in [4.78, 5) is 0. The second-order valence-electron chi connectivity index (χ2n) is 5.44. The van der Waals surface area contributed by atoms with E-state index in [9.17, 15) is 0 Å². The third-order valence-corrected chi connectivity index (χ3v) is 3.41. The van der Waals surface area contributed by atoms with Crippen molar-refractivity contribution in [3.05, 3.63) is 0 Å². The highest BCUT2D eigenvalue weighted by Crippen LogP contribution is 2.38. The van der Waals surface area contributed by atoms with Crippen LogP contribution in [-0.4, -0.2) is 26.3 Å². The van der Waals surface area contributed by atoms with Gasteiger partial charge in [0.1, 0.15) is 0 Å². The minimum absolute atomic E-state index is 0.554. The van der Waals surface area contributed by atoms with Crippen molar-refractivity contribution in [3.63, 3.8) is 0 Å². The zero-order valence-corrected chi connectivity index (χ0v) is 10.1. The van der Waals surface area contributed by atoms with Gasteiger partial charge in [-0.3, -0.25) is 0 Å². The maximum Gasteiger partial charge on any atom is 0.0587 e. The Morgan fingerprint density at radius 2 is 2.14 bits per heavy atom. The summed E-state index contributed by atoms with van der Waals surface area (Å²) in [6.45, 7) is 8.95. The van der Waals surface area contributed by atoms with Crippen LogP contribution in [0.4, 0.5) is 0 Å². The predicted molar refractivity (Wildman–Crippen MR) is 60.5 cm³/mol. The number of hydrogen-bond donors (Lipinski definition) is 1. The molecule has 2 unspecified atom stereocenters. The quantitative estimate of drug-likeness (QED) is 0.702. The van der Waals surface area contributed by atoms with E-state index in [2.05, 4.69) is 26.1 Å². The lowest BCUT2D eigenvalue weighted by molar-refractivity contribution is 0.136. The van der Waals surface area contributed by atoms with Crippen LogP contribution in [0.1, 0.15) is 40.0 Å². The molecule has 2 atom stereocenters. The first-order valence-electron chi connectivity index (χ1n) is 5.77. The Labute approximate surface area is 88.4 Å². The molecule has 0 saturated heterocycles. The highest BCUT2D eigenvalue weighted by molar-refractivity contribution is 4.86. The topological polar surface area (TPSA) is 21.3 Å². The zero-order valence-electron chi connectivity index (χ0n) is 10.1. The lowest BCUT2D eigenvalue weighted by atomic mass is 9.70. The van der Waals surface area contributed by atoms with Gasteiger partial charge in [-0.25, -0.2) is 0 Å². The van der Waals surface area contributed by atoms with Crippen LogP contribution in [0.25, 0.3) is 0 Å². The summed E-state index contributed by atoms with van der Waals surface area (Å²) in [5.74, 6) is 0.801. The fourth-order valence-corrected chi connectivity index (χ4v) is 2.60. The van der Waals surface area contributed by atoms with Gasteiger partial charge in [-0.1, -0.05) is 20.8 Å². The maximum atomic E-state index is 5.05. The first kappa shape index (κ1) is 12.0. The first-order valence-corrected chi connectivity index (χ1v) is 5.77. The fraction of sp³-hybridized carbons (Fsp3) is 1.00. The van der Waals surface area contributed by atoms with Gasteiger partial charge >= 0.3 is 0 Å². The van der Waals surface area contributed by atoms with Crippen molar-refractivity contribution in [2.75, 3.05) is 20.3 Å². The number of rotatable bonds is 4. The molecule has 0 amide bonds. The summed E-state index contributed by atoms with van der Waals surface area (Å²) >= 11 is 0. The van der Waals surface area contributed by atoms with E-state index < -0.39 is 0 Å². The second kappa shape index (κ2) is 5.13. The van der Waals surface area contributed by atoms with E-state index in [4.69, 9.17) is 4.74 Å². The van der Waals surface area contributed by atoms with Crippen molar-refractivity contribution in [2.24, 2.45) is 11.3 Å². The third kappa shape index (κ3) is 3.58. The third-order valence-electron chi connectivity index (χ3n) is 3.41. The van der Waals surface area contributed by atoms with Crippen LogP contribution in [-0.2, 0) is 4.74 Å². The molecule has 1 saturated carbocycles. The molecule has 0 aromatic rings. The van der Waals surface area contributed by atoms with Gasteiger partial charge < -0.3 is 10.1 Å². The van der Waals surface area contributed by atoms with Gasteiger partial charge in [0.25, 0.3) is 0 Å². The second-order valence-corrected chi connectivity index (χ2v) is 5.44. The predicted octanol–water partition coefficient (Wildman–Crippen LogP) is 2.44. The lowest BCUT2D eigenvalue weighted by Gasteiger charge is -2.39. The van der Waals surface area contributed by atoms with Gasteiger partial charge in [0.15, 0.2) is 0 Å². The Kier molecular flexibility index (Phi) is 4.39. The van der Waals surface area contributed by atoms with E-state index in [1.54, 1.807) is 7.11 Å². The van der Waals surface area contributed by atoms with Crippen LogP contribution >= 0.6 is 0 Å². The monoisotopic (exact) mass is 199 g/mol. The Morgan fingerprint density at radius 3 is 2.71 bits per heavy atom. The minimum Gasteiger partial charge on any atom is -0.383 e. The molecule has 0 aliphatic heterocycles. The highest BCUT2D eigenvalue weighted by Gasteiger charge is 2.31. The van der Waals surface area contributed by atoms with Gasteiger partial charge in [0.2, 0.25) is 0 Å². The summed E-state index contributed by atoms with van der Waals surface area (Å²) in [5.41, 5.74) is 0.554. The van der Waals surface area contributed by atoms with E-state index in [-0.39, 0.29) is 0 Å². The van der Waals surface area contributed by atoms with Crippen molar-refractivity contribution in [2.45, 2.75) is 46.1 Å². The molecule has 0 spiro atoms. The summed E-state index contributed by atoms with van der Waals surface area (Å²) in [5, 5.41) is 3.59. The number of methoxy groups -OCH3 is 1. The summed E-state index contributed by atoms with van der Waals surface area (Å²) in [6.07, 6.45) is 4.01. The fourth-order valence-electron chi connectivity index (χ4n) is 2.60. The van der Waals surface area contributed by atoms with Crippen molar-refractivity contribution >= 4 is 0 Å². The summed E-state index contributed by atoms with van der Waals surface area (Å²) in [6, 6.07) is 0.707. The summed E-state index contributed by atoms with van der Waals surface area (Å²) < 4.78 is 5.05. The number of nitrogens with one attached hydrogen (secondary N) is 1. The normalized spacial score (nSPS) is 31.7. The average Bonchev–Trinajstić information content (AvgIpc) is 2.08. The van der Waals surface area contributed by atoms with Gasteiger partial charge in [-0.15, -0.1) is 0 Å². The van der Waals surface area contributed by atoms with Crippen molar-refractivity contribution in [3.8, 4) is 0 Å². The molecule has 1 N–H and O–H groups in total. The van der Waals surface area contributed by atoms with Gasteiger partial charge in [0.05, 0.1) is 6.61 Å². The maximum absolute atomic E-state index is 5.05. The molecular weight excluding hydrogens is 174 g/mol. The lowest BCUT2D eigenvalue weighted by Crippen LogP contribution is -2.42. The van der Waals surface area contributed by atoms with E-state index in [1.165, 1.54) is 19.3 Å². The molecule has 1 aliphatic rings. The van der Waals surface area contributed by atoms with Crippen LogP contribution in [0.3, 0.4) is 0 Å². The van der Waals surface area contributed by atoms with Gasteiger partial charge in [-0.2, -0.15) is 0 Å². The average molecular weight is 199 g/mol. The number of hydrogen-bond acceptors (Lipinski definition) is 2. The minimum atomic E-state index is 0.554. The van der Waals surface area contributed by atoms with Crippen molar-refractivity contribution < 1.29 is 4.74 Å². The van der Waals surface area contributed by atoms with E-state index in [1.807, 2.05) is 0 Å². The Bertz CT molecular complexity index is 168. The Morgan fingerprint density at radius 1 is 1.43 bits per heavy atom. The molecule has 14 heavy (non-hydrogen) atoms. The molecule has 0 radical (unpaired) electrons. The smallest absolute Gasteiger partial charge is 0.0587 e. The van der Waals surface area contributed by atoms with Crippen molar-refractivity contribution in [1.29, 1.82) is 0 Å². The van der Waals surface area contributed by atoms with E-state index in [0.717, 1.165) is 19.1 Å². The van der Waals surface area contributed by atoms with Crippen LogP contribution in [0.2, 0.25) is 0 Å². The highest BCUT2D eigenvalue weighted by atomic mass is 16.5. The molecule has 84 valence electrons. The van der Waals surface area contributed by atoms with Crippen LogP contribution in [0.5, 0.6) is 0 Å². The molecule has 1 rings (SSSR count). The molecule has 2 nitrogen and oxygen atoms in total. The molecule has 1 fully saturated rings. The largest absolute Gasteiger partial charge is 0.383 e. The van der Waals surface area contributed by atoms with Crippen molar-refractivity contribution in [1.82, 2.24) is 5.32 Å². The Balaban J connectivity index is 2.27. The molecular formula is C12H25NO. The molecule has 0 aromatic heterocycles. The van der Waals surface area contributed by atoms with E-state index in [0.29, 0.717) is 11.5 Å². The van der Waals surface area contributed by atoms with Crippen LogP contribution in [0, 0.1) is 11.3 Å². The Hall–Kier alpha value is -0.0800. The molecule has 0 bridgehead atoms. The van der Waals surface area contributed by atoms with E-state index >= 15 is 0 Å².